The second kappa shape index (κ2) is 6.87. The van der Waals surface area contributed by atoms with Crippen molar-refractivity contribution in [2.75, 3.05) is 0 Å². The summed E-state index contributed by atoms with van der Waals surface area (Å²) in [6, 6.07) is 0. The molecule has 1 rings (SSSR count). The van der Waals surface area contributed by atoms with E-state index in [1.54, 1.807) is 5.57 Å². The highest BCUT2D eigenvalue weighted by atomic mass is 14.2. The Hall–Kier alpha value is -0.520. The van der Waals surface area contributed by atoms with Crippen molar-refractivity contribution in [2.45, 2.75) is 59.3 Å². The first kappa shape index (κ1) is 12.5. The van der Waals surface area contributed by atoms with Crippen LogP contribution in [-0.4, -0.2) is 0 Å². The molecule has 0 heteroatoms. The summed E-state index contributed by atoms with van der Waals surface area (Å²) in [4.78, 5) is 0. The molecular formula is C15H26. The van der Waals surface area contributed by atoms with E-state index in [1.807, 2.05) is 0 Å². The van der Waals surface area contributed by atoms with E-state index in [1.165, 1.54) is 38.5 Å². The molecule has 86 valence electrons. The zero-order chi connectivity index (χ0) is 11.1. The fourth-order valence-corrected chi connectivity index (χ4v) is 2.37. The van der Waals surface area contributed by atoms with E-state index in [2.05, 4.69) is 39.0 Å². The third-order valence-corrected chi connectivity index (χ3v) is 3.50. The minimum absolute atomic E-state index is 0.751. The van der Waals surface area contributed by atoms with Crippen LogP contribution in [0, 0.1) is 11.8 Å². The van der Waals surface area contributed by atoms with Crippen LogP contribution in [0.15, 0.2) is 23.8 Å². The van der Waals surface area contributed by atoms with Gasteiger partial charge in [0.25, 0.3) is 0 Å². The summed E-state index contributed by atoms with van der Waals surface area (Å²) in [5, 5.41) is 0. The minimum Gasteiger partial charge on any atom is -0.0806 e. The van der Waals surface area contributed by atoms with Crippen molar-refractivity contribution in [2.24, 2.45) is 11.8 Å². The van der Waals surface area contributed by atoms with Crippen LogP contribution < -0.4 is 0 Å². The smallest absolute Gasteiger partial charge is 0.0172 e. The summed E-state index contributed by atoms with van der Waals surface area (Å²) in [6.45, 7) is 6.91. The van der Waals surface area contributed by atoms with Gasteiger partial charge in [-0.05, 0) is 31.1 Å². The lowest BCUT2D eigenvalue weighted by Gasteiger charge is -2.21. The third kappa shape index (κ3) is 4.24. The molecule has 0 spiro atoms. The molecule has 0 N–H and O–H groups in total. The topological polar surface area (TPSA) is 0 Å². The van der Waals surface area contributed by atoms with Gasteiger partial charge in [0.1, 0.15) is 0 Å². The fourth-order valence-electron chi connectivity index (χ4n) is 2.37. The van der Waals surface area contributed by atoms with Gasteiger partial charge < -0.3 is 0 Å². The summed E-state index contributed by atoms with van der Waals surface area (Å²) in [5.41, 5.74) is 1.57. The Bertz CT molecular complexity index is 222. The maximum Gasteiger partial charge on any atom is -0.0172 e. The van der Waals surface area contributed by atoms with Crippen molar-refractivity contribution in [3.8, 4) is 0 Å². The molecule has 15 heavy (non-hydrogen) atoms. The highest BCUT2D eigenvalue weighted by molar-refractivity contribution is 5.25. The van der Waals surface area contributed by atoms with Crippen LogP contribution in [0.1, 0.15) is 59.3 Å². The molecule has 0 nitrogen and oxygen atoms in total. The van der Waals surface area contributed by atoms with Gasteiger partial charge in [-0.25, -0.2) is 0 Å². The average Bonchev–Trinajstić information content (AvgIpc) is 2.25. The summed E-state index contributed by atoms with van der Waals surface area (Å²) in [5.74, 6) is 1.53. The van der Waals surface area contributed by atoms with Gasteiger partial charge in [-0.15, -0.1) is 0 Å². The Morgan fingerprint density at radius 1 is 1.13 bits per heavy atom. The lowest BCUT2D eigenvalue weighted by atomic mass is 9.84. The lowest BCUT2D eigenvalue weighted by molar-refractivity contribution is 0.486. The van der Waals surface area contributed by atoms with E-state index in [0.717, 1.165) is 11.8 Å². The molecular weight excluding hydrogens is 180 g/mol. The van der Waals surface area contributed by atoms with Gasteiger partial charge in [0, 0.05) is 0 Å². The Kier molecular flexibility index (Phi) is 5.75. The van der Waals surface area contributed by atoms with Crippen LogP contribution in [-0.2, 0) is 0 Å². The van der Waals surface area contributed by atoms with E-state index in [9.17, 15) is 0 Å². The Morgan fingerprint density at radius 2 is 1.93 bits per heavy atom. The summed E-state index contributed by atoms with van der Waals surface area (Å²) in [7, 11) is 0. The van der Waals surface area contributed by atoms with Crippen molar-refractivity contribution in [1.29, 1.82) is 0 Å². The number of rotatable bonds is 6. The first-order valence-electron chi connectivity index (χ1n) is 6.66. The van der Waals surface area contributed by atoms with E-state index in [-0.39, 0.29) is 0 Å². The zero-order valence-corrected chi connectivity index (χ0v) is 10.6. The Morgan fingerprint density at radius 3 is 2.53 bits per heavy atom. The van der Waals surface area contributed by atoms with E-state index < -0.39 is 0 Å². The predicted molar refractivity (Wildman–Crippen MR) is 68.9 cm³/mol. The van der Waals surface area contributed by atoms with Gasteiger partial charge in [0.05, 0.1) is 0 Å². The summed E-state index contributed by atoms with van der Waals surface area (Å²) >= 11 is 0. The molecule has 1 aliphatic carbocycles. The van der Waals surface area contributed by atoms with Crippen molar-refractivity contribution < 1.29 is 0 Å². The second-order valence-corrected chi connectivity index (χ2v) is 4.84. The van der Waals surface area contributed by atoms with Crippen LogP contribution in [0.5, 0.6) is 0 Å². The van der Waals surface area contributed by atoms with Gasteiger partial charge in [-0.1, -0.05) is 63.8 Å². The molecule has 0 amide bonds. The Labute approximate surface area is 95.5 Å². The molecule has 0 saturated heterocycles. The highest BCUT2D eigenvalue weighted by Crippen LogP contribution is 2.27. The second-order valence-electron chi connectivity index (χ2n) is 4.84. The third-order valence-electron chi connectivity index (χ3n) is 3.50. The van der Waals surface area contributed by atoms with Crippen molar-refractivity contribution >= 4 is 0 Å². The minimum atomic E-state index is 0.751. The predicted octanol–water partition coefficient (Wildman–Crippen LogP) is 5.12. The highest BCUT2D eigenvalue weighted by Gasteiger charge is 2.14. The normalized spacial score (nSPS) is 25.4. The number of hydrogen-bond donors (Lipinski definition) is 0. The van der Waals surface area contributed by atoms with Crippen LogP contribution in [0.4, 0.5) is 0 Å². The van der Waals surface area contributed by atoms with Crippen LogP contribution in [0.3, 0.4) is 0 Å². The number of unbranched alkanes of at least 4 members (excludes halogenated alkanes) is 3. The van der Waals surface area contributed by atoms with E-state index in [0.29, 0.717) is 0 Å². The first-order chi connectivity index (χ1) is 7.27. The molecule has 0 aromatic heterocycles. The Balaban J connectivity index is 2.29. The lowest BCUT2D eigenvalue weighted by Crippen LogP contribution is -2.09. The maximum atomic E-state index is 2.49. The molecule has 0 aromatic carbocycles. The zero-order valence-electron chi connectivity index (χ0n) is 10.6. The van der Waals surface area contributed by atoms with Crippen LogP contribution >= 0.6 is 0 Å². The van der Waals surface area contributed by atoms with Gasteiger partial charge in [-0.3, -0.25) is 0 Å². The molecule has 0 radical (unpaired) electrons. The number of allylic oxidation sites excluding steroid dienone is 4. The first-order valence-corrected chi connectivity index (χ1v) is 6.66. The monoisotopic (exact) mass is 206 g/mol. The molecule has 0 bridgehead atoms. The molecule has 0 aliphatic heterocycles. The maximum absolute atomic E-state index is 2.49. The largest absolute Gasteiger partial charge is 0.0806 e. The molecule has 1 aliphatic rings. The van der Waals surface area contributed by atoms with Crippen molar-refractivity contribution in [3.63, 3.8) is 0 Å². The van der Waals surface area contributed by atoms with Gasteiger partial charge in [0.15, 0.2) is 0 Å². The molecule has 0 heterocycles. The molecule has 0 aromatic rings. The van der Waals surface area contributed by atoms with E-state index >= 15 is 0 Å². The summed E-state index contributed by atoms with van der Waals surface area (Å²) in [6.07, 6.45) is 15.3. The molecule has 2 unspecified atom stereocenters. The van der Waals surface area contributed by atoms with Crippen LogP contribution in [0.25, 0.3) is 0 Å². The number of hydrogen-bond acceptors (Lipinski definition) is 0. The van der Waals surface area contributed by atoms with Gasteiger partial charge >= 0.3 is 0 Å². The SMILES string of the molecule is CCCCCCC1=CC(C)C(CC)C=C1. The fraction of sp³-hybridized carbons (Fsp3) is 0.733. The quantitative estimate of drug-likeness (QED) is 0.529. The van der Waals surface area contributed by atoms with E-state index in [4.69, 9.17) is 0 Å². The van der Waals surface area contributed by atoms with Crippen molar-refractivity contribution in [3.05, 3.63) is 23.8 Å². The summed E-state index contributed by atoms with van der Waals surface area (Å²) < 4.78 is 0. The molecule has 0 fully saturated rings. The van der Waals surface area contributed by atoms with Gasteiger partial charge in [0.2, 0.25) is 0 Å². The average molecular weight is 206 g/mol. The van der Waals surface area contributed by atoms with Crippen LogP contribution in [0.2, 0.25) is 0 Å². The molecule has 0 saturated carbocycles. The van der Waals surface area contributed by atoms with Crippen molar-refractivity contribution in [1.82, 2.24) is 0 Å². The standard InChI is InChI=1S/C15H26/c1-4-6-7-8-9-14-10-11-15(5-2)13(3)12-14/h10-13,15H,4-9H2,1-3H3. The van der Waals surface area contributed by atoms with Gasteiger partial charge in [-0.2, -0.15) is 0 Å². The molecule has 2 atom stereocenters.